The molecule has 21 heavy (non-hydrogen) atoms. The van der Waals surface area contributed by atoms with Crippen molar-refractivity contribution in [1.29, 1.82) is 0 Å². The number of amides is 2. The second kappa shape index (κ2) is 5.22. The summed E-state index contributed by atoms with van der Waals surface area (Å²) in [4.78, 5) is 28.4. The monoisotopic (exact) mass is 308 g/mol. The molecular weight excluding hydrogens is 292 g/mol. The molecule has 2 amide bonds. The normalized spacial score (nSPS) is 25.1. The summed E-state index contributed by atoms with van der Waals surface area (Å²) < 4.78 is 0. The Morgan fingerprint density at radius 3 is 2.90 bits per heavy atom. The van der Waals surface area contributed by atoms with E-state index in [0.717, 1.165) is 19.4 Å². The molecule has 1 N–H and O–H groups in total. The first kappa shape index (κ1) is 14.2. The maximum absolute atomic E-state index is 12.6. The van der Waals surface area contributed by atoms with Crippen molar-refractivity contribution in [3.63, 3.8) is 0 Å². The number of carbonyl (C=O) groups is 2. The van der Waals surface area contributed by atoms with Crippen LogP contribution >= 0.6 is 11.6 Å². The van der Waals surface area contributed by atoms with Gasteiger partial charge in [0.1, 0.15) is 11.8 Å². The molecule has 6 heteroatoms. The van der Waals surface area contributed by atoms with Gasteiger partial charge in [0, 0.05) is 24.2 Å². The summed E-state index contributed by atoms with van der Waals surface area (Å²) in [7, 11) is 0. The Balaban J connectivity index is 1.88. The van der Waals surface area contributed by atoms with Crippen molar-refractivity contribution in [3.8, 4) is 5.75 Å². The van der Waals surface area contributed by atoms with Gasteiger partial charge in [-0.15, -0.1) is 0 Å². The fourth-order valence-corrected chi connectivity index (χ4v) is 3.34. The van der Waals surface area contributed by atoms with E-state index in [4.69, 9.17) is 11.6 Å². The molecule has 2 fully saturated rings. The van der Waals surface area contributed by atoms with E-state index in [1.54, 1.807) is 17.9 Å². The highest BCUT2D eigenvalue weighted by molar-refractivity contribution is 6.30. The summed E-state index contributed by atoms with van der Waals surface area (Å²) >= 11 is 5.79. The zero-order valence-electron chi connectivity index (χ0n) is 11.8. The number of phenols is 1. The molecule has 5 nitrogen and oxygen atoms in total. The molecule has 3 rings (SSSR count). The van der Waals surface area contributed by atoms with Crippen molar-refractivity contribution in [2.75, 3.05) is 13.1 Å². The number of hydrogen-bond donors (Lipinski definition) is 1. The van der Waals surface area contributed by atoms with Crippen LogP contribution in [0.2, 0.25) is 5.02 Å². The van der Waals surface area contributed by atoms with Crippen LogP contribution < -0.4 is 0 Å². The summed E-state index contributed by atoms with van der Waals surface area (Å²) in [5, 5.41) is 10.3. The summed E-state index contributed by atoms with van der Waals surface area (Å²) in [6.07, 6.45) is 1.91. The number of phenolic OH excluding ortho intramolecular Hbond substituents is 1. The molecule has 1 aromatic carbocycles. The highest BCUT2D eigenvalue weighted by Gasteiger charge is 2.42. The van der Waals surface area contributed by atoms with E-state index in [9.17, 15) is 14.7 Å². The minimum Gasteiger partial charge on any atom is -0.507 e. The lowest BCUT2D eigenvalue weighted by atomic mass is 10.0. The summed E-state index contributed by atoms with van der Waals surface area (Å²) in [5.41, 5.74) is 0.186. The number of rotatable bonds is 1. The lowest BCUT2D eigenvalue weighted by Gasteiger charge is -2.41. The molecular formula is C15H17ClN2O3. The standard InChI is InChI=1S/C15H17ClN2O3/c1-9-14(20)17-6-2-3-11(17)8-18(9)15(21)12-5-4-10(16)7-13(12)19/h4-5,7,9,11,19H,2-3,6,8H2,1H3/t9-,11-/m0/s1. The molecule has 0 radical (unpaired) electrons. The van der Waals surface area contributed by atoms with Gasteiger partial charge in [-0.1, -0.05) is 11.6 Å². The number of piperazine rings is 1. The minimum absolute atomic E-state index is 0.00875. The molecule has 2 aliphatic heterocycles. The number of nitrogens with zero attached hydrogens (tertiary/aromatic N) is 2. The highest BCUT2D eigenvalue weighted by atomic mass is 35.5. The van der Waals surface area contributed by atoms with E-state index in [1.807, 2.05) is 4.90 Å². The number of halogens is 1. The van der Waals surface area contributed by atoms with Crippen molar-refractivity contribution < 1.29 is 14.7 Å². The fourth-order valence-electron chi connectivity index (χ4n) is 3.17. The molecule has 2 saturated heterocycles. The Bertz CT molecular complexity index is 605. The van der Waals surface area contributed by atoms with Crippen LogP contribution in [0.25, 0.3) is 0 Å². The average molecular weight is 309 g/mol. The maximum atomic E-state index is 12.6. The number of aromatic hydroxyl groups is 1. The first-order valence-corrected chi connectivity index (χ1v) is 7.47. The second-order valence-electron chi connectivity index (χ2n) is 5.62. The molecule has 2 aliphatic rings. The van der Waals surface area contributed by atoms with Crippen molar-refractivity contribution in [2.45, 2.75) is 31.8 Å². The first-order valence-electron chi connectivity index (χ1n) is 7.09. The number of carbonyl (C=O) groups excluding carboxylic acids is 2. The summed E-state index contributed by atoms with van der Waals surface area (Å²) in [6.45, 7) is 3.04. The van der Waals surface area contributed by atoms with Gasteiger partial charge in [0.25, 0.3) is 5.91 Å². The van der Waals surface area contributed by atoms with Gasteiger partial charge in [-0.2, -0.15) is 0 Å². The molecule has 2 heterocycles. The third kappa shape index (κ3) is 2.35. The van der Waals surface area contributed by atoms with Gasteiger partial charge in [0.2, 0.25) is 5.91 Å². The van der Waals surface area contributed by atoms with E-state index in [0.29, 0.717) is 11.6 Å². The molecule has 0 bridgehead atoms. The number of fused-ring (bicyclic) bond motifs is 1. The Labute approximate surface area is 128 Å². The van der Waals surface area contributed by atoms with Crippen molar-refractivity contribution in [2.24, 2.45) is 0 Å². The Hall–Kier alpha value is -1.75. The zero-order chi connectivity index (χ0) is 15.1. The van der Waals surface area contributed by atoms with Crippen LogP contribution in [0.5, 0.6) is 5.75 Å². The van der Waals surface area contributed by atoms with Crippen LogP contribution in [0.15, 0.2) is 18.2 Å². The third-order valence-electron chi connectivity index (χ3n) is 4.34. The molecule has 0 saturated carbocycles. The van der Waals surface area contributed by atoms with Crippen molar-refractivity contribution in [1.82, 2.24) is 9.80 Å². The van der Waals surface area contributed by atoms with Crippen LogP contribution in [-0.2, 0) is 4.79 Å². The lowest BCUT2D eigenvalue weighted by Crippen LogP contribution is -2.60. The van der Waals surface area contributed by atoms with Crippen LogP contribution in [0.1, 0.15) is 30.1 Å². The van der Waals surface area contributed by atoms with E-state index in [2.05, 4.69) is 0 Å². The SMILES string of the molecule is C[C@H]1C(=O)N2CCC[C@H]2CN1C(=O)c1ccc(Cl)cc1O. The van der Waals surface area contributed by atoms with Gasteiger partial charge in [0.05, 0.1) is 5.56 Å². The minimum atomic E-state index is -0.498. The van der Waals surface area contributed by atoms with Crippen LogP contribution in [0, 0.1) is 0 Å². The molecule has 0 aromatic heterocycles. The predicted molar refractivity (Wildman–Crippen MR) is 78.4 cm³/mol. The van der Waals surface area contributed by atoms with Crippen molar-refractivity contribution >= 4 is 23.4 Å². The van der Waals surface area contributed by atoms with Gasteiger partial charge < -0.3 is 14.9 Å². The smallest absolute Gasteiger partial charge is 0.258 e. The zero-order valence-corrected chi connectivity index (χ0v) is 12.5. The topological polar surface area (TPSA) is 60.9 Å². The summed E-state index contributed by atoms with van der Waals surface area (Å²) in [6, 6.07) is 4.01. The van der Waals surface area contributed by atoms with E-state index < -0.39 is 6.04 Å². The maximum Gasteiger partial charge on any atom is 0.258 e. The molecule has 0 spiro atoms. The number of benzene rings is 1. The average Bonchev–Trinajstić information content (AvgIpc) is 2.90. The van der Waals surface area contributed by atoms with Crippen LogP contribution in [0.4, 0.5) is 0 Å². The second-order valence-corrected chi connectivity index (χ2v) is 6.06. The van der Waals surface area contributed by atoms with Gasteiger partial charge in [0.15, 0.2) is 0 Å². The highest BCUT2D eigenvalue weighted by Crippen LogP contribution is 2.29. The molecule has 112 valence electrons. The third-order valence-corrected chi connectivity index (χ3v) is 4.58. The first-order chi connectivity index (χ1) is 9.99. The Kier molecular flexibility index (Phi) is 3.53. The van der Waals surface area contributed by atoms with Crippen LogP contribution in [-0.4, -0.2) is 51.9 Å². The predicted octanol–water partition coefficient (Wildman–Crippen LogP) is 1.88. The molecule has 0 unspecified atom stereocenters. The van der Waals surface area contributed by atoms with Gasteiger partial charge in [-0.3, -0.25) is 9.59 Å². The largest absolute Gasteiger partial charge is 0.507 e. The Morgan fingerprint density at radius 1 is 1.43 bits per heavy atom. The van der Waals surface area contributed by atoms with E-state index in [-0.39, 0.29) is 29.2 Å². The number of hydrogen-bond acceptors (Lipinski definition) is 3. The summed E-state index contributed by atoms with van der Waals surface area (Å²) in [5.74, 6) is -0.483. The Morgan fingerprint density at radius 2 is 2.19 bits per heavy atom. The van der Waals surface area contributed by atoms with E-state index >= 15 is 0 Å². The molecule has 1 aromatic rings. The molecule has 0 aliphatic carbocycles. The van der Waals surface area contributed by atoms with E-state index in [1.165, 1.54) is 12.1 Å². The van der Waals surface area contributed by atoms with Gasteiger partial charge in [-0.05, 0) is 38.0 Å². The van der Waals surface area contributed by atoms with Gasteiger partial charge >= 0.3 is 0 Å². The lowest BCUT2D eigenvalue weighted by molar-refractivity contribution is -0.141. The van der Waals surface area contributed by atoms with Crippen LogP contribution in [0.3, 0.4) is 0 Å². The quantitative estimate of drug-likeness (QED) is 0.861. The van der Waals surface area contributed by atoms with Crippen molar-refractivity contribution in [3.05, 3.63) is 28.8 Å². The fraction of sp³-hybridized carbons (Fsp3) is 0.467. The molecule has 2 atom stereocenters. The van der Waals surface area contributed by atoms with Gasteiger partial charge in [-0.25, -0.2) is 0 Å².